The lowest BCUT2D eigenvalue weighted by atomic mass is 10.3. The molecule has 1 aromatic carbocycles. The predicted octanol–water partition coefficient (Wildman–Crippen LogP) is 2.13. The molecule has 1 aliphatic rings. The zero-order valence-electron chi connectivity index (χ0n) is 12.2. The monoisotopic (exact) mass is 335 g/mol. The van der Waals surface area contributed by atoms with Gasteiger partial charge in [0.25, 0.3) is 0 Å². The third kappa shape index (κ3) is 3.98. The molecule has 0 saturated heterocycles. The Morgan fingerprint density at radius 3 is 2.91 bits per heavy atom. The van der Waals surface area contributed by atoms with Gasteiger partial charge in [-0.25, -0.2) is 4.98 Å². The van der Waals surface area contributed by atoms with Crippen molar-refractivity contribution in [2.45, 2.75) is 23.2 Å². The van der Waals surface area contributed by atoms with Crippen LogP contribution in [0.4, 0.5) is 0 Å². The molecule has 2 amide bonds. The Labute approximate surface area is 137 Å². The highest BCUT2D eigenvalue weighted by Crippen LogP contribution is 2.29. The van der Waals surface area contributed by atoms with Crippen molar-refractivity contribution in [3.63, 3.8) is 0 Å². The molecule has 3 rings (SSSR count). The summed E-state index contributed by atoms with van der Waals surface area (Å²) in [5.41, 5.74) is 0.958. The van der Waals surface area contributed by atoms with Crippen LogP contribution in [0.2, 0.25) is 0 Å². The minimum atomic E-state index is -0.0802. The number of thiazole rings is 1. The van der Waals surface area contributed by atoms with Crippen LogP contribution in [0, 0.1) is 0 Å². The van der Waals surface area contributed by atoms with Crippen LogP contribution in [0.15, 0.2) is 28.6 Å². The average molecular weight is 335 g/mol. The maximum absolute atomic E-state index is 12.1. The number of carbonyl (C=O) groups is 2. The minimum absolute atomic E-state index is 0.0600. The molecule has 22 heavy (non-hydrogen) atoms. The van der Waals surface area contributed by atoms with Gasteiger partial charge in [-0.15, -0.1) is 11.3 Å². The molecule has 1 N–H and O–H groups in total. The van der Waals surface area contributed by atoms with Gasteiger partial charge in [-0.3, -0.25) is 9.59 Å². The molecule has 1 aromatic heterocycles. The third-order valence-electron chi connectivity index (χ3n) is 3.34. The van der Waals surface area contributed by atoms with E-state index < -0.39 is 0 Å². The molecule has 1 heterocycles. The Balaban J connectivity index is 1.49. The molecule has 1 saturated carbocycles. The fraction of sp³-hybridized carbons (Fsp3) is 0.400. The lowest BCUT2D eigenvalue weighted by molar-refractivity contribution is -0.132. The summed E-state index contributed by atoms with van der Waals surface area (Å²) >= 11 is 3.00. The summed E-state index contributed by atoms with van der Waals surface area (Å²) in [5.74, 6) is 0.158. The van der Waals surface area contributed by atoms with Crippen LogP contribution < -0.4 is 5.32 Å². The normalized spacial score (nSPS) is 14.0. The number of para-hydroxylation sites is 1. The van der Waals surface area contributed by atoms with E-state index in [-0.39, 0.29) is 18.4 Å². The summed E-state index contributed by atoms with van der Waals surface area (Å²) in [6.07, 6.45) is 2.10. The number of fused-ring (bicyclic) bond motifs is 1. The first-order chi connectivity index (χ1) is 10.6. The Morgan fingerprint density at radius 2 is 2.18 bits per heavy atom. The number of amides is 2. The van der Waals surface area contributed by atoms with Crippen molar-refractivity contribution in [2.75, 3.05) is 19.3 Å². The Kier molecular flexibility index (Phi) is 4.63. The van der Waals surface area contributed by atoms with Gasteiger partial charge in [0.15, 0.2) is 4.34 Å². The van der Waals surface area contributed by atoms with Crippen LogP contribution in [0.5, 0.6) is 0 Å². The zero-order chi connectivity index (χ0) is 15.5. The maximum Gasteiger partial charge on any atom is 0.239 e. The minimum Gasteiger partial charge on any atom is -0.352 e. The highest BCUT2D eigenvalue weighted by molar-refractivity contribution is 8.01. The lowest BCUT2D eigenvalue weighted by Crippen LogP contribution is -2.39. The van der Waals surface area contributed by atoms with E-state index in [2.05, 4.69) is 10.3 Å². The van der Waals surface area contributed by atoms with Crippen molar-refractivity contribution in [2.24, 2.45) is 0 Å². The van der Waals surface area contributed by atoms with E-state index in [1.54, 1.807) is 18.4 Å². The maximum atomic E-state index is 12.1. The number of nitrogens with one attached hydrogen (secondary N) is 1. The fourth-order valence-corrected chi connectivity index (χ4v) is 3.96. The van der Waals surface area contributed by atoms with E-state index in [0.29, 0.717) is 11.8 Å². The summed E-state index contributed by atoms with van der Waals surface area (Å²) in [5, 5.41) is 2.88. The molecule has 0 spiro atoms. The van der Waals surface area contributed by atoms with Crippen molar-refractivity contribution in [3.05, 3.63) is 24.3 Å². The zero-order valence-corrected chi connectivity index (χ0v) is 13.9. The Hall–Kier alpha value is -1.60. The number of aromatic nitrogens is 1. The van der Waals surface area contributed by atoms with Crippen molar-refractivity contribution in [1.29, 1.82) is 0 Å². The first-order valence-corrected chi connectivity index (χ1v) is 8.94. The molecule has 7 heteroatoms. The third-order valence-corrected chi connectivity index (χ3v) is 5.51. The second-order valence-corrected chi connectivity index (χ2v) is 7.58. The quantitative estimate of drug-likeness (QED) is 0.822. The Morgan fingerprint density at radius 1 is 1.41 bits per heavy atom. The average Bonchev–Trinajstić information content (AvgIpc) is 3.20. The number of hydrogen-bond donors (Lipinski definition) is 1. The molecular formula is C15H17N3O2S2. The van der Waals surface area contributed by atoms with Gasteiger partial charge >= 0.3 is 0 Å². The molecule has 0 unspecified atom stereocenters. The lowest BCUT2D eigenvalue weighted by Gasteiger charge is -2.16. The Bertz CT molecular complexity index is 664. The number of thioether (sulfide) groups is 1. The molecular weight excluding hydrogens is 318 g/mol. The number of likely N-dealkylation sites (N-methyl/N-ethyl adjacent to an activating group) is 1. The van der Waals surface area contributed by atoms with Crippen molar-refractivity contribution in [3.8, 4) is 0 Å². The van der Waals surface area contributed by atoms with Crippen molar-refractivity contribution >= 4 is 45.1 Å². The summed E-state index contributed by atoms with van der Waals surface area (Å²) < 4.78 is 2.00. The van der Waals surface area contributed by atoms with E-state index in [4.69, 9.17) is 0 Å². The summed E-state index contributed by atoms with van der Waals surface area (Å²) in [4.78, 5) is 29.7. The number of nitrogens with zero attached hydrogens (tertiary/aromatic N) is 2. The van der Waals surface area contributed by atoms with Crippen LogP contribution in [0.1, 0.15) is 12.8 Å². The molecule has 0 atom stereocenters. The molecule has 5 nitrogen and oxygen atoms in total. The highest BCUT2D eigenvalue weighted by atomic mass is 32.2. The van der Waals surface area contributed by atoms with E-state index in [9.17, 15) is 9.59 Å². The van der Waals surface area contributed by atoms with Gasteiger partial charge in [0.1, 0.15) is 0 Å². The van der Waals surface area contributed by atoms with E-state index in [1.807, 2.05) is 24.3 Å². The molecule has 0 radical (unpaired) electrons. The van der Waals surface area contributed by atoms with E-state index >= 15 is 0 Å². The smallest absolute Gasteiger partial charge is 0.239 e. The first-order valence-electron chi connectivity index (χ1n) is 7.13. The van der Waals surface area contributed by atoms with E-state index in [1.165, 1.54) is 16.7 Å². The molecule has 116 valence electrons. The second kappa shape index (κ2) is 6.66. The van der Waals surface area contributed by atoms with Gasteiger partial charge in [-0.05, 0) is 25.0 Å². The largest absolute Gasteiger partial charge is 0.352 e. The van der Waals surface area contributed by atoms with Gasteiger partial charge < -0.3 is 10.2 Å². The summed E-state index contributed by atoms with van der Waals surface area (Å²) in [7, 11) is 1.66. The number of rotatable bonds is 6. The number of carbonyl (C=O) groups excluding carboxylic acids is 2. The van der Waals surface area contributed by atoms with Crippen molar-refractivity contribution in [1.82, 2.24) is 15.2 Å². The molecule has 2 aromatic rings. The fourth-order valence-electron chi connectivity index (χ4n) is 1.95. The molecule has 1 aliphatic carbocycles. The topological polar surface area (TPSA) is 62.3 Å². The second-order valence-electron chi connectivity index (χ2n) is 5.33. The van der Waals surface area contributed by atoms with Gasteiger partial charge in [-0.2, -0.15) is 0 Å². The van der Waals surface area contributed by atoms with Crippen molar-refractivity contribution < 1.29 is 9.59 Å². The van der Waals surface area contributed by atoms with Crippen LogP contribution >= 0.6 is 23.1 Å². The van der Waals surface area contributed by atoms with E-state index in [0.717, 1.165) is 27.4 Å². The number of benzene rings is 1. The van der Waals surface area contributed by atoms with Crippen LogP contribution in [0.3, 0.4) is 0 Å². The molecule has 0 aliphatic heterocycles. The molecule has 0 bridgehead atoms. The first kappa shape index (κ1) is 15.3. The van der Waals surface area contributed by atoms with Gasteiger partial charge in [0, 0.05) is 13.1 Å². The van der Waals surface area contributed by atoms with Gasteiger partial charge in [0.2, 0.25) is 11.8 Å². The summed E-state index contributed by atoms with van der Waals surface area (Å²) in [6.45, 7) is 0.121. The summed E-state index contributed by atoms with van der Waals surface area (Å²) in [6, 6.07) is 8.24. The SMILES string of the molecule is CN(CC(=O)NC1CC1)C(=O)CSc1nc2ccccc2s1. The van der Waals surface area contributed by atoms with Crippen LogP contribution in [0.25, 0.3) is 10.2 Å². The standard InChI is InChI=1S/C15H17N3O2S2/c1-18(8-13(19)16-10-6-7-10)14(20)9-21-15-17-11-4-2-3-5-12(11)22-15/h2-5,10H,6-9H2,1H3,(H,16,19). The number of hydrogen-bond acceptors (Lipinski definition) is 5. The van der Waals surface area contributed by atoms with Crippen LogP contribution in [-0.2, 0) is 9.59 Å². The molecule has 1 fully saturated rings. The van der Waals surface area contributed by atoms with Gasteiger partial charge in [0.05, 0.1) is 22.5 Å². The van der Waals surface area contributed by atoms with Crippen LogP contribution in [-0.4, -0.2) is 47.1 Å². The predicted molar refractivity (Wildman–Crippen MR) is 89.1 cm³/mol. The van der Waals surface area contributed by atoms with Gasteiger partial charge in [-0.1, -0.05) is 23.9 Å². The highest BCUT2D eigenvalue weighted by Gasteiger charge is 2.24.